The van der Waals surface area contributed by atoms with Crippen LogP contribution < -0.4 is 4.74 Å². The molecule has 0 amide bonds. The van der Waals surface area contributed by atoms with Crippen molar-refractivity contribution < 1.29 is 9.53 Å². The zero-order chi connectivity index (χ0) is 12.8. The number of aromatic nitrogens is 1. The molecule has 0 N–H and O–H groups in total. The first-order valence-electron chi connectivity index (χ1n) is 6.01. The molecule has 0 unspecified atom stereocenters. The highest BCUT2D eigenvalue weighted by molar-refractivity contribution is 5.91. The minimum atomic E-state index is -0.369. The number of nitrogens with zero attached hydrogens (tertiary/aromatic N) is 1. The summed E-state index contributed by atoms with van der Waals surface area (Å²) in [6, 6.07) is 12.7. The first-order valence-corrected chi connectivity index (χ1v) is 6.01. The summed E-state index contributed by atoms with van der Waals surface area (Å²) >= 11 is 0. The molecule has 92 valence electrons. The van der Waals surface area contributed by atoms with Gasteiger partial charge in [0.25, 0.3) is 0 Å². The van der Waals surface area contributed by atoms with Gasteiger partial charge in [-0.2, -0.15) is 0 Å². The Morgan fingerprint density at radius 2 is 2.11 bits per heavy atom. The van der Waals surface area contributed by atoms with E-state index < -0.39 is 0 Å². The van der Waals surface area contributed by atoms with Gasteiger partial charge in [-0.15, -0.1) is 0 Å². The molecular formula is C15H15NO2. The highest BCUT2D eigenvalue weighted by Gasteiger charge is 2.09. The van der Waals surface area contributed by atoms with Gasteiger partial charge in [0.1, 0.15) is 0 Å². The van der Waals surface area contributed by atoms with Crippen molar-refractivity contribution >= 4 is 5.97 Å². The predicted octanol–water partition coefficient (Wildman–Crippen LogP) is 3.25. The van der Waals surface area contributed by atoms with E-state index in [1.807, 2.05) is 18.2 Å². The molecule has 0 saturated carbocycles. The van der Waals surface area contributed by atoms with Crippen LogP contribution in [0.25, 0.3) is 0 Å². The lowest BCUT2D eigenvalue weighted by Crippen LogP contribution is -2.09. The number of hydrogen-bond donors (Lipinski definition) is 0. The number of esters is 1. The maximum Gasteiger partial charge on any atom is 0.344 e. The lowest BCUT2D eigenvalue weighted by Gasteiger charge is -2.04. The SMILES string of the molecule is CCCc1cccc(C(=O)Oc2ccccn2)c1. The van der Waals surface area contributed by atoms with Crippen LogP contribution >= 0.6 is 0 Å². The van der Waals surface area contributed by atoms with Gasteiger partial charge >= 0.3 is 5.97 Å². The molecule has 0 radical (unpaired) electrons. The molecule has 3 heteroatoms. The molecule has 0 bridgehead atoms. The van der Waals surface area contributed by atoms with Crippen LogP contribution in [-0.4, -0.2) is 11.0 Å². The van der Waals surface area contributed by atoms with E-state index in [9.17, 15) is 4.79 Å². The van der Waals surface area contributed by atoms with Gasteiger partial charge in [0.2, 0.25) is 5.88 Å². The van der Waals surface area contributed by atoms with Crippen LogP contribution in [0.2, 0.25) is 0 Å². The zero-order valence-corrected chi connectivity index (χ0v) is 10.3. The molecule has 3 nitrogen and oxygen atoms in total. The highest BCUT2D eigenvalue weighted by Crippen LogP contribution is 2.11. The van der Waals surface area contributed by atoms with E-state index in [1.54, 1.807) is 30.5 Å². The molecule has 1 heterocycles. The molecule has 0 spiro atoms. The summed E-state index contributed by atoms with van der Waals surface area (Å²) in [5, 5.41) is 0. The molecular weight excluding hydrogens is 226 g/mol. The van der Waals surface area contributed by atoms with E-state index in [0.717, 1.165) is 18.4 Å². The quantitative estimate of drug-likeness (QED) is 0.771. The van der Waals surface area contributed by atoms with Crippen molar-refractivity contribution in [3.05, 3.63) is 59.8 Å². The van der Waals surface area contributed by atoms with Gasteiger partial charge in [0, 0.05) is 12.3 Å². The highest BCUT2D eigenvalue weighted by atomic mass is 16.5. The molecule has 1 aromatic heterocycles. The van der Waals surface area contributed by atoms with Crippen molar-refractivity contribution in [3.63, 3.8) is 0 Å². The van der Waals surface area contributed by atoms with E-state index in [2.05, 4.69) is 11.9 Å². The number of hydrogen-bond acceptors (Lipinski definition) is 3. The fourth-order valence-electron chi connectivity index (χ4n) is 1.70. The lowest BCUT2D eigenvalue weighted by molar-refractivity contribution is 0.0727. The predicted molar refractivity (Wildman–Crippen MR) is 69.6 cm³/mol. The third-order valence-corrected chi connectivity index (χ3v) is 2.54. The van der Waals surface area contributed by atoms with Crippen molar-refractivity contribution in [3.8, 4) is 5.88 Å². The molecule has 1 aromatic carbocycles. The Kier molecular flexibility index (Phi) is 4.07. The van der Waals surface area contributed by atoms with Gasteiger partial charge in [-0.1, -0.05) is 31.5 Å². The van der Waals surface area contributed by atoms with E-state index in [4.69, 9.17) is 4.74 Å². The molecule has 18 heavy (non-hydrogen) atoms. The average Bonchev–Trinajstić information content (AvgIpc) is 2.40. The van der Waals surface area contributed by atoms with Gasteiger partial charge in [-0.25, -0.2) is 9.78 Å². The first kappa shape index (κ1) is 12.3. The van der Waals surface area contributed by atoms with Crippen molar-refractivity contribution in [2.45, 2.75) is 19.8 Å². The molecule has 0 aliphatic carbocycles. The summed E-state index contributed by atoms with van der Waals surface area (Å²) in [7, 11) is 0. The number of benzene rings is 1. The summed E-state index contributed by atoms with van der Waals surface area (Å²) < 4.78 is 5.18. The van der Waals surface area contributed by atoms with E-state index in [0.29, 0.717) is 11.4 Å². The van der Waals surface area contributed by atoms with Crippen molar-refractivity contribution in [2.24, 2.45) is 0 Å². The number of carbonyl (C=O) groups is 1. The maximum atomic E-state index is 11.9. The second-order valence-electron chi connectivity index (χ2n) is 4.01. The molecule has 0 atom stereocenters. The fraction of sp³-hybridized carbons (Fsp3) is 0.200. The topological polar surface area (TPSA) is 39.2 Å². The summed E-state index contributed by atoms with van der Waals surface area (Å²) in [6.45, 7) is 2.11. The Morgan fingerprint density at radius 3 is 2.83 bits per heavy atom. The minimum absolute atomic E-state index is 0.323. The summed E-state index contributed by atoms with van der Waals surface area (Å²) in [5.41, 5.74) is 1.71. The maximum absolute atomic E-state index is 11.9. The molecule has 0 aliphatic heterocycles. The van der Waals surface area contributed by atoms with Gasteiger partial charge in [-0.05, 0) is 30.2 Å². The second kappa shape index (κ2) is 5.96. The van der Waals surface area contributed by atoms with Crippen LogP contribution in [-0.2, 0) is 6.42 Å². The van der Waals surface area contributed by atoms with Crippen LogP contribution in [0.3, 0.4) is 0 Å². The number of aryl methyl sites for hydroxylation is 1. The first-order chi connectivity index (χ1) is 8.79. The Balaban J connectivity index is 2.11. The summed E-state index contributed by atoms with van der Waals surface area (Å²) in [4.78, 5) is 15.9. The number of pyridine rings is 1. The van der Waals surface area contributed by atoms with E-state index >= 15 is 0 Å². The third-order valence-electron chi connectivity index (χ3n) is 2.54. The monoisotopic (exact) mass is 241 g/mol. The lowest BCUT2D eigenvalue weighted by atomic mass is 10.1. The van der Waals surface area contributed by atoms with Crippen molar-refractivity contribution in [2.75, 3.05) is 0 Å². The zero-order valence-electron chi connectivity index (χ0n) is 10.3. The summed E-state index contributed by atoms with van der Waals surface area (Å²) in [6.07, 6.45) is 3.61. The van der Waals surface area contributed by atoms with Crippen LogP contribution in [0.4, 0.5) is 0 Å². The Labute approximate surface area is 106 Å². The van der Waals surface area contributed by atoms with Crippen LogP contribution in [0, 0.1) is 0 Å². The van der Waals surface area contributed by atoms with Gasteiger partial charge in [0.15, 0.2) is 0 Å². The third kappa shape index (κ3) is 3.17. The van der Waals surface area contributed by atoms with E-state index in [-0.39, 0.29) is 5.97 Å². The van der Waals surface area contributed by atoms with E-state index in [1.165, 1.54) is 0 Å². The molecule has 0 fully saturated rings. The van der Waals surface area contributed by atoms with Gasteiger partial charge < -0.3 is 4.74 Å². The second-order valence-corrected chi connectivity index (χ2v) is 4.01. The van der Waals surface area contributed by atoms with Crippen LogP contribution in [0.5, 0.6) is 5.88 Å². The van der Waals surface area contributed by atoms with Gasteiger partial charge in [0.05, 0.1) is 5.56 Å². The smallest absolute Gasteiger partial charge is 0.344 e. The van der Waals surface area contributed by atoms with Crippen LogP contribution in [0.1, 0.15) is 29.3 Å². The van der Waals surface area contributed by atoms with Crippen molar-refractivity contribution in [1.82, 2.24) is 4.98 Å². The number of carbonyl (C=O) groups excluding carboxylic acids is 1. The Morgan fingerprint density at radius 1 is 1.22 bits per heavy atom. The summed E-state index contributed by atoms with van der Waals surface area (Å²) in [5.74, 6) is -0.0463. The Bertz CT molecular complexity index is 523. The van der Waals surface area contributed by atoms with Crippen molar-refractivity contribution in [1.29, 1.82) is 0 Å². The average molecular weight is 241 g/mol. The normalized spacial score (nSPS) is 10.1. The standard InChI is InChI=1S/C15H15NO2/c1-2-6-12-7-5-8-13(11-12)15(17)18-14-9-3-4-10-16-14/h3-5,7-11H,2,6H2,1H3. The van der Waals surface area contributed by atoms with Crippen LogP contribution in [0.15, 0.2) is 48.7 Å². The molecule has 0 saturated heterocycles. The van der Waals surface area contributed by atoms with Gasteiger partial charge in [-0.3, -0.25) is 0 Å². The Hall–Kier alpha value is -2.16. The number of ether oxygens (including phenoxy) is 1. The molecule has 0 aliphatic rings. The minimum Gasteiger partial charge on any atom is -0.404 e. The largest absolute Gasteiger partial charge is 0.404 e. The number of rotatable bonds is 4. The molecule has 2 aromatic rings. The molecule has 2 rings (SSSR count). The fourth-order valence-corrected chi connectivity index (χ4v) is 1.70.